The van der Waals surface area contributed by atoms with E-state index in [9.17, 15) is 9.59 Å². The number of amides is 1. The van der Waals surface area contributed by atoms with E-state index in [1.165, 1.54) is 11.3 Å². The molecule has 1 aliphatic rings. The lowest BCUT2D eigenvalue weighted by Crippen LogP contribution is -2.36. The molecule has 2 heterocycles. The number of nitrogens with zero attached hydrogens (tertiary/aromatic N) is 2. The van der Waals surface area contributed by atoms with Crippen molar-refractivity contribution in [1.29, 1.82) is 0 Å². The van der Waals surface area contributed by atoms with Crippen LogP contribution in [0.1, 0.15) is 55.6 Å². The van der Waals surface area contributed by atoms with Crippen LogP contribution in [0.25, 0.3) is 0 Å². The zero-order valence-corrected chi connectivity index (χ0v) is 17.6. The van der Waals surface area contributed by atoms with E-state index in [-0.39, 0.29) is 29.1 Å². The lowest BCUT2D eigenvalue weighted by Gasteiger charge is -2.29. The molecule has 0 aromatic carbocycles. The van der Waals surface area contributed by atoms with Crippen LogP contribution in [0.3, 0.4) is 0 Å². The number of methoxy groups -OCH3 is 1. The number of nitrogens with one attached hydrogen (secondary N) is 1. The second-order valence-electron chi connectivity index (χ2n) is 8.03. The fraction of sp³-hybridized carbons (Fsp3) is 0.571. The number of carbonyl (C=O) groups is 2. The summed E-state index contributed by atoms with van der Waals surface area (Å²) < 4.78 is 7.24. The summed E-state index contributed by atoms with van der Waals surface area (Å²) in [6.45, 7) is 4.78. The molecule has 1 fully saturated rings. The minimum absolute atomic E-state index is 0.0774. The van der Waals surface area contributed by atoms with Crippen molar-refractivity contribution in [3.05, 3.63) is 34.8 Å². The van der Waals surface area contributed by atoms with Crippen molar-refractivity contribution in [1.82, 2.24) is 9.78 Å². The first-order valence-electron chi connectivity index (χ1n) is 9.86. The van der Waals surface area contributed by atoms with Gasteiger partial charge in [0, 0.05) is 31.7 Å². The van der Waals surface area contributed by atoms with Gasteiger partial charge in [0.2, 0.25) is 5.91 Å². The maximum absolute atomic E-state index is 12.9. The third-order valence-electron chi connectivity index (χ3n) is 5.60. The Labute approximate surface area is 170 Å². The van der Waals surface area contributed by atoms with Gasteiger partial charge in [-0.05, 0) is 44.6 Å². The van der Waals surface area contributed by atoms with Crippen LogP contribution in [0, 0.1) is 11.8 Å². The summed E-state index contributed by atoms with van der Waals surface area (Å²) in [6, 6.07) is 3.73. The van der Waals surface area contributed by atoms with Crippen LogP contribution >= 0.6 is 11.3 Å². The van der Waals surface area contributed by atoms with E-state index >= 15 is 0 Å². The lowest BCUT2D eigenvalue weighted by atomic mass is 9.76. The summed E-state index contributed by atoms with van der Waals surface area (Å²) in [5.41, 5.74) is 0.459. The lowest BCUT2D eigenvalue weighted by molar-refractivity contribution is -0.121. The van der Waals surface area contributed by atoms with Gasteiger partial charge in [0.1, 0.15) is 0 Å². The molecule has 0 bridgehead atoms. The van der Waals surface area contributed by atoms with Gasteiger partial charge in [-0.2, -0.15) is 5.10 Å². The van der Waals surface area contributed by atoms with Crippen molar-refractivity contribution in [3.8, 4) is 0 Å². The quantitative estimate of drug-likeness (QED) is 0.664. The number of rotatable bonds is 8. The summed E-state index contributed by atoms with van der Waals surface area (Å²) in [6.07, 6.45) is 7.83. The molecule has 1 saturated carbocycles. The summed E-state index contributed by atoms with van der Waals surface area (Å²) in [5, 5.41) is 9.21. The highest BCUT2D eigenvalue weighted by atomic mass is 32.1. The van der Waals surface area contributed by atoms with E-state index in [1.807, 2.05) is 42.2 Å². The minimum atomic E-state index is -0.279. The number of ketones is 1. The van der Waals surface area contributed by atoms with Crippen LogP contribution in [-0.2, 0) is 16.1 Å². The summed E-state index contributed by atoms with van der Waals surface area (Å²) in [5.74, 6) is -0.484. The summed E-state index contributed by atoms with van der Waals surface area (Å²) in [4.78, 5) is 26.5. The van der Waals surface area contributed by atoms with Gasteiger partial charge in [-0.25, -0.2) is 0 Å². The zero-order valence-electron chi connectivity index (χ0n) is 16.8. The van der Waals surface area contributed by atoms with Gasteiger partial charge in [-0.3, -0.25) is 14.3 Å². The molecule has 0 aliphatic heterocycles. The molecule has 1 aliphatic carbocycles. The zero-order chi connectivity index (χ0) is 20.1. The predicted molar refractivity (Wildman–Crippen MR) is 111 cm³/mol. The van der Waals surface area contributed by atoms with Crippen molar-refractivity contribution in [2.45, 2.75) is 58.1 Å². The summed E-state index contributed by atoms with van der Waals surface area (Å²) in [7, 11) is 1.70. The van der Waals surface area contributed by atoms with Gasteiger partial charge in [-0.1, -0.05) is 18.9 Å². The molecule has 6 nitrogen and oxygen atoms in total. The topological polar surface area (TPSA) is 73.2 Å². The first-order valence-corrected chi connectivity index (χ1v) is 10.7. The molecule has 2 atom stereocenters. The number of hydrogen-bond acceptors (Lipinski definition) is 5. The van der Waals surface area contributed by atoms with E-state index < -0.39 is 0 Å². The van der Waals surface area contributed by atoms with Gasteiger partial charge in [-0.15, -0.1) is 11.3 Å². The molecule has 2 aromatic heterocycles. The smallest absolute Gasteiger partial charge is 0.228 e. The Balaban J connectivity index is 1.62. The average Bonchev–Trinajstić information content (AvgIpc) is 3.38. The molecule has 1 amide bonds. The molecule has 152 valence electrons. The Morgan fingerprint density at radius 3 is 2.75 bits per heavy atom. The third-order valence-corrected chi connectivity index (χ3v) is 6.48. The molecule has 0 radical (unpaired) electrons. The Morgan fingerprint density at radius 1 is 1.32 bits per heavy atom. The molecule has 7 heteroatoms. The molecule has 0 saturated heterocycles. The standard InChI is InChI=1S/C21H29N3O3S/c1-21(2,27-3)10-11-24-14-15(13-22-24)23-20(26)17-8-5-4-7-16(17)19(25)18-9-6-12-28-18/h6,9,12-14,16-17H,4-5,7-8,10-11H2,1-3H3,(H,23,26)/t16-,17+/m0/s1. The highest BCUT2D eigenvalue weighted by Gasteiger charge is 2.36. The normalized spacial score (nSPS) is 20.1. The molecule has 0 unspecified atom stereocenters. The number of aryl methyl sites for hydroxylation is 1. The molecule has 28 heavy (non-hydrogen) atoms. The van der Waals surface area contributed by atoms with Gasteiger partial charge >= 0.3 is 0 Å². The van der Waals surface area contributed by atoms with Crippen LogP contribution in [-0.4, -0.2) is 34.2 Å². The maximum atomic E-state index is 12.9. The molecule has 0 spiro atoms. The van der Waals surface area contributed by atoms with Gasteiger partial charge in [0.25, 0.3) is 0 Å². The van der Waals surface area contributed by atoms with Crippen molar-refractivity contribution < 1.29 is 14.3 Å². The number of Topliss-reactive ketones (excluding diaryl/α,β-unsaturated/α-hetero) is 1. The van der Waals surface area contributed by atoms with E-state index in [2.05, 4.69) is 10.4 Å². The van der Waals surface area contributed by atoms with Crippen molar-refractivity contribution >= 4 is 28.7 Å². The predicted octanol–water partition coefficient (Wildman–Crippen LogP) is 4.39. The molecular weight excluding hydrogens is 374 g/mol. The van der Waals surface area contributed by atoms with E-state index in [4.69, 9.17) is 4.74 Å². The Hall–Kier alpha value is -1.99. The fourth-order valence-corrected chi connectivity index (χ4v) is 4.36. The van der Waals surface area contributed by atoms with Crippen LogP contribution in [0.5, 0.6) is 0 Å². The molecule has 2 aromatic rings. The number of thiophene rings is 1. The van der Waals surface area contributed by atoms with Crippen LogP contribution in [0.2, 0.25) is 0 Å². The van der Waals surface area contributed by atoms with E-state index in [0.717, 1.165) is 37.0 Å². The maximum Gasteiger partial charge on any atom is 0.228 e. The van der Waals surface area contributed by atoms with Gasteiger partial charge in [0.15, 0.2) is 5.78 Å². The Bertz CT molecular complexity index is 798. The van der Waals surface area contributed by atoms with Crippen molar-refractivity contribution in [2.24, 2.45) is 11.8 Å². The van der Waals surface area contributed by atoms with E-state index in [1.54, 1.807) is 13.3 Å². The average molecular weight is 404 g/mol. The third kappa shape index (κ3) is 5.08. The Morgan fingerprint density at radius 2 is 2.07 bits per heavy atom. The monoisotopic (exact) mass is 403 g/mol. The Kier molecular flexibility index (Phi) is 6.67. The van der Waals surface area contributed by atoms with E-state index in [0.29, 0.717) is 12.2 Å². The largest absolute Gasteiger partial charge is 0.379 e. The van der Waals surface area contributed by atoms with Crippen LogP contribution < -0.4 is 5.32 Å². The number of anilines is 1. The number of ether oxygens (including phenoxy) is 1. The SMILES string of the molecule is COC(C)(C)CCn1cc(NC(=O)[C@@H]2CCCC[C@@H]2C(=O)c2cccs2)cn1. The van der Waals surface area contributed by atoms with Crippen molar-refractivity contribution in [3.63, 3.8) is 0 Å². The molecule has 1 N–H and O–H groups in total. The fourth-order valence-electron chi connectivity index (χ4n) is 3.63. The second-order valence-corrected chi connectivity index (χ2v) is 8.98. The number of hydrogen-bond donors (Lipinski definition) is 1. The van der Waals surface area contributed by atoms with Gasteiger partial charge in [0.05, 0.1) is 22.4 Å². The first kappa shape index (κ1) is 20.7. The highest BCUT2D eigenvalue weighted by molar-refractivity contribution is 7.12. The number of carbonyl (C=O) groups excluding carboxylic acids is 2. The molecule has 3 rings (SSSR count). The minimum Gasteiger partial charge on any atom is -0.379 e. The summed E-state index contributed by atoms with van der Waals surface area (Å²) >= 11 is 1.45. The van der Waals surface area contributed by atoms with Crippen LogP contribution in [0.4, 0.5) is 5.69 Å². The van der Waals surface area contributed by atoms with Gasteiger partial charge < -0.3 is 10.1 Å². The number of aromatic nitrogens is 2. The first-order chi connectivity index (χ1) is 13.4. The molecular formula is C21H29N3O3S. The van der Waals surface area contributed by atoms with Crippen LogP contribution in [0.15, 0.2) is 29.9 Å². The highest BCUT2D eigenvalue weighted by Crippen LogP contribution is 2.34. The second kappa shape index (κ2) is 9.01. The van der Waals surface area contributed by atoms with Crippen molar-refractivity contribution in [2.75, 3.05) is 12.4 Å².